The van der Waals surface area contributed by atoms with Crippen molar-refractivity contribution in [3.8, 4) is 0 Å². The molecule has 0 atom stereocenters. The Kier molecular flexibility index (Phi) is 6.50. The van der Waals surface area contributed by atoms with Crippen molar-refractivity contribution in [3.05, 3.63) is 39.8 Å². The summed E-state index contributed by atoms with van der Waals surface area (Å²) in [5.41, 5.74) is -1.06. The molecular weight excluding hydrogens is 399 g/mol. The Balaban J connectivity index is 1.86. The molecule has 0 spiro atoms. The molecule has 30 heavy (non-hydrogen) atoms. The van der Waals surface area contributed by atoms with Crippen LogP contribution in [0.1, 0.15) is 56.7 Å². The van der Waals surface area contributed by atoms with Gasteiger partial charge < -0.3 is 10.1 Å². The van der Waals surface area contributed by atoms with Crippen LogP contribution in [0.5, 0.6) is 0 Å². The molecule has 3 rings (SSSR count). The Morgan fingerprint density at radius 1 is 1.23 bits per heavy atom. The number of methoxy groups -OCH3 is 1. The number of rotatable bonds is 5. The Labute approximate surface area is 172 Å². The third kappa shape index (κ3) is 4.83. The molecule has 1 aliphatic carbocycles. The molecule has 1 aliphatic rings. The van der Waals surface area contributed by atoms with Gasteiger partial charge in [0.2, 0.25) is 5.91 Å². The number of aromatic nitrogens is 2. The number of nitrogens with zero attached hydrogens (tertiary/aromatic N) is 2. The predicted molar refractivity (Wildman–Crippen MR) is 106 cm³/mol. The number of amides is 1. The number of hydrogen-bond acceptors (Lipinski definition) is 4. The summed E-state index contributed by atoms with van der Waals surface area (Å²) < 4.78 is 45.7. The van der Waals surface area contributed by atoms with Crippen LogP contribution >= 0.6 is 0 Å². The van der Waals surface area contributed by atoms with E-state index in [1.807, 2.05) is 0 Å². The topological polar surface area (TPSA) is 73.2 Å². The maximum atomic E-state index is 13.1. The number of carbonyl (C=O) groups is 1. The van der Waals surface area contributed by atoms with E-state index in [-0.39, 0.29) is 41.3 Å². The monoisotopic (exact) mass is 425 g/mol. The quantitative estimate of drug-likeness (QED) is 0.794. The lowest BCUT2D eigenvalue weighted by atomic mass is 9.93. The molecule has 1 amide bonds. The maximum absolute atomic E-state index is 13.1. The molecule has 1 N–H and O–H groups in total. The number of hydrogen-bond donors (Lipinski definition) is 1. The second kappa shape index (κ2) is 8.75. The highest BCUT2D eigenvalue weighted by Crippen LogP contribution is 2.32. The molecule has 6 nitrogen and oxygen atoms in total. The Bertz CT molecular complexity index is 977. The minimum absolute atomic E-state index is 0.0129. The minimum atomic E-state index is -4.51. The van der Waals surface area contributed by atoms with Crippen LogP contribution < -0.4 is 10.9 Å². The van der Waals surface area contributed by atoms with Crippen LogP contribution in [-0.2, 0) is 22.3 Å². The van der Waals surface area contributed by atoms with Crippen molar-refractivity contribution in [2.45, 2.75) is 70.3 Å². The average Bonchev–Trinajstić information content (AvgIpc) is 2.69. The van der Waals surface area contributed by atoms with Crippen molar-refractivity contribution >= 4 is 16.7 Å². The normalized spacial score (nSPS) is 20.0. The number of ether oxygens (including phenoxy) is 1. The van der Waals surface area contributed by atoms with Crippen molar-refractivity contribution in [2.75, 3.05) is 7.11 Å². The summed E-state index contributed by atoms with van der Waals surface area (Å²) in [6, 6.07) is 3.01. The lowest BCUT2D eigenvalue weighted by Crippen LogP contribution is -2.42. The number of benzene rings is 1. The zero-order chi connectivity index (χ0) is 22.1. The van der Waals surface area contributed by atoms with Gasteiger partial charge in [-0.25, -0.2) is 4.68 Å². The molecule has 1 aromatic heterocycles. The summed E-state index contributed by atoms with van der Waals surface area (Å²) in [5, 5.41) is 7.45. The maximum Gasteiger partial charge on any atom is 0.416 e. The Hall–Kier alpha value is -2.42. The first-order chi connectivity index (χ1) is 14.1. The summed E-state index contributed by atoms with van der Waals surface area (Å²) in [6.07, 6.45) is -1.01. The molecule has 0 aliphatic heterocycles. The second-order valence-corrected chi connectivity index (χ2v) is 8.04. The highest BCUT2D eigenvalue weighted by atomic mass is 19.4. The van der Waals surface area contributed by atoms with Crippen molar-refractivity contribution in [2.24, 2.45) is 0 Å². The molecule has 1 fully saturated rings. The van der Waals surface area contributed by atoms with Gasteiger partial charge in [-0.05, 0) is 49.8 Å². The zero-order valence-electron chi connectivity index (χ0n) is 17.3. The first kappa shape index (κ1) is 22.3. The summed E-state index contributed by atoms with van der Waals surface area (Å²) in [5.74, 6) is -0.568. The fourth-order valence-corrected chi connectivity index (χ4v) is 3.87. The van der Waals surface area contributed by atoms with E-state index >= 15 is 0 Å². The molecule has 0 radical (unpaired) electrons. The number of carbonyl (C=O) groups excluding carboxylic acids is 1. The van der Waals surface area contributed by atoms with E-state index < -0.39 is 17.3 Å². The first-order valence-corrected chi connectivity index (χ1v) is 10.0. The van der Waals surface area contributed by atoms with Crippen LogP contribution in [0.15, 0.2) is 23.0 Å². The van der Waals surface area contributed by atoms with Gasteiger partial charge in [0.15, 0.2) is 0 Å². The number of halogens is 3. The smallest absolute Gasteiger partial charge is 0.381 e. The van der Waals surface area contributed by atoms with E-state index in [2.05, 4.69) is 10.4 Å². The molecule has 0 bridgehead atoms. The molecule has 0 saturated heterocycles. The molecule has 1 heterocycles. The molecule has 0 unspecified atom stereocenters. The van der Waals surface area contributed by atoms with Gasteiger partial charge in [-0.2, -0.15) is 18.3 Å². The van der Waals surface area contributed by atoms with Gasteiger partial charge in [0, 0.05) is 18.5 Å². The number of nitrogens with one attached hydrogen (secondary N) is 1. The Morgan fingerprint density at radius 2 is 1.90 bits per heavy atom. The van der Waals surface area contributed by atoms with Crippen LogP contribution in [-0.4, -0.2) is 34.9 Å². The molecular formula is C21H26F3N3O3. The average molecular weight is 425 g/mol. The van der Waals surface area contributed by atoms with Crippen molar-refractivity contribution in [3.63, 3.8) is 0 Å². The first-order valence-electron chi connectivity index (χ1n) is 10.0. The number of alkyl halides is 3. The SMILES string of the molecule is CO[C@H]1CC[C@H](NC(=O)Cn2nc(C(C)C)c3cc(C(F)(F)F)ccc3c2=O)CC1. The van der Waals surface area contributed by atoms with E-state index in [4.69, 9.17) is 4.74 Å². The number of fused-ring (bicyclic) bond motifs is 1. The van der Waals surface area contributed by atoms with Gasteiger partial charge in [0.1, 0.15) is 6.54 Å². The third-order valence-corrected chi connectivity index (χ3v) is 5.53. The molecule has 9 heteroatoms. The standard InChI is InChI=1S/C21H26F3N3O3/c1-12(2)19-17-10-13(21(22,23)24)4-9-16(17)20(29)27(26-19)11-18(28)25-14-5-7-15(30-3)8-6-14/h4,9-10,12,14-15H,5-8,11H2,1-3H3,(H,25,28)/t14-,15-. The van der Waals surface area contributed by atoms with Crippen molar-refractivity contribution < 1.29 is 22.7 Å². The summed E-state index contributed by atoms with van der Waals surface area (Å²) in [6.45, 7) is 3.29. The minimum Gasteiger partial charge on any atom is -0.381 e. The molecule has 164 valence electrons. The van der Waals surface area contributed by atoms with Gasteiger partial charge in [-0.15, -0.1) is 0 Å². The zero-order valence-corrected chi connectivity index (χ0v) is 17.3. The van der Waals surface area contributed by atoms with Gasteiger partial charge in [-0.1, -0.05) is 13.8 Å². The molecule has 1 saturated carbocycles. The Morgan fingerprint density at radius 3 is 2.47 bits per heavy atom. The van der Waals surface area contributed by atoms with Gasteiger partial charge in [0.05, 0.1) is 22.7 Å². The van der Waals surface area contributed by atoms with Crippen molar-refractivity contribution in [1.82, 2.24) is 15.1 Å². The van der Waals surface area contributed by atoms with Crippen LogP contribution in [0.3, 0.4) is 0 Å². The fourth-order valence-electron chi connectivity index (χ4n) is 3.87. The summed E-state index contributed by atoms with van der Waals surface area (Å²) >= 11 is 0. The highest BCUT2D eigenvalue weighted by molar-refractivity contribution is 5.85. The van der Waals surface area contributed by atoms with E-state index in [1.54, 1.807) is 21.0 Å². The van der Waals surface area contributed by atoms with Crippen LogP contribution in [0.2, 0.25) is 0 Å². The predicted octanol–water partition coefficient (Wildman–Crippen LogP) is 3.61. The summed E-state index contributed by atoms with van der Waals surface area (Å²) in [7, 11) is 1.67. The van der Waals surface area contributed by atoms with Crippen LogP contribution in [0.4, 0.5) is 13.2 Å². The highest BCUT2D eigenvalue weighted by Gasteiger charge is 2.31. The lowest BCUT2D eigenvalue weighted by molar-refractivity contribution is -0.137. The van der Waals surface area contributed by atoms with Gasteiger partial charge >= 0.3 is 6.18 Å². The molecule has 1 aromatic carbocycles. The van der Waals surface area contributed by atoms with Gasteiger partial charge in [0.25, 0.3) is 5.56 Å². The van der Waals surface area contributed by atoms with Crippen LogP contribution in [0, 0.1) is 0 Å². The van der Waals surface area contributed by atoms with E-state index in [0.717, 1.165) is 48.6 Å². The third-order valence-electron chi connectivity index (χ3n) is 5.53. The van der Waals surface area contributed by atoms with E-state index in [0.29, 0.717) is 5.69 Å². The van der Waals surface area contributed by atoms with E-state index in [9.17, 15) is 22.8 Å². The van der Waals surface area contributed by atoms with Gasteiger partial charge in [-0.3, -0.25) is 9.59 Å². The fraction of sp³-hybridized carbons (Fsp3) is 0.571. The van der Waals surface area contributed by atoms with E-state index in [1.165, 1.54) is 0 Å². The summed E-state index contributed by atoms with van der Waals surface area (Å²) in [4.78, 5) is 25.3. The molecule has 2 aromatic rings. The van der Waals surface area contributed by atoms with Crippen LogP contribution in [0.25, 0.3) is 10.8 Å². The lowest BCUT2D eigenvalue weighted by Gasteiger charge is -2.28. The largest absolute Gasteiger partial charge is 0.416 e. The van der Waals surface area contributed by atoms with Crippen molar-refractivity contribution in [1.29, 1.82) is 0 Å². The second-order valence-electron chi connectivity index (χ2n) is 8.04.